The minimum atomic E-state index is -3.82. The smallest absolute Gasteiger partial charge is 0.237 e. The Morgan fingerprint density at radius 1 is 1.21 bits per heavy atom. The second kappa shape index (κ2) is 7.43. The van der Waals surface area contributed by atoms with Gasteiger partial charge in [0.2, 0.25) is 15.9 Å². The third kappa shape index (κ3) is 4.11. The van der Waals surface area contributed by atoms with Gasteiger partial charge in [-0.1, -0.05) is 18.2 Å². The number of nitrogens with one attached hydrogen (secondary N) is 1. The minimum absolute atomic E-state index is 0.0540. The molecule has 0 saturated carbocycles. The van der Waals surface area contributed by atoms with Crippen LogP contribution in [0.4, 0.5) is 15.8 Å². The molecule has 0 aliphatic carbocycles. The predicted octanol–water partition coefficient (Wildman–Crippen LogP) is 3.54. The van der Waals surface area contributed by atoms with Crippen LogP contribution in [0.3, 0.4) is 0 Å². The number of anilines is 2. The molecular formula is C20H23FN2O4S. The molecule has 150 valence electrons. The third-order valence-corrected chi connectivity index (χ3v) is 5.79. The zero-order valence-electron chi connectivity index (χ0n) is 16.0. The maximum absolute atomic E-state index is 13.8. The fourth-order valence-electron chi connectivity index (χ4n) is 3.06. The number of rotatable bonds is 5. The molecule has 1 aliphatic rings. The maximum Gasteiger partial charge on any atom is 0.237 e. The van der Waals surface area contributed by atoms with Gasteiger partial charge < -0.3 is 9.64 Å². The predicted molar refractivity (Wildman–Crippen MR) is 106 cm³/mol. The Morgan fingerprint density at radius 2 is 1.93 bits per heavy atom. The fraction of sp³-hybridized carbons (Fsp3) is 0.350. The maximum atomic E-state index is 13.8. The number of carbonyl (C=O) groups excluding carboxylic acids is 1. The van der Waals surface area contributed by atoms with E-state index in [1.54, 1.807) is 29.2 Å². The zero-order chi connectivity index (χ0) is 20.5. The highest BCUT2D eigenvalue weighted by molar-refractivity contribution is 7.91. The van der Waals surface area contributed by atoms with E-state index in [-0.39, 0.29) is 18.1 Å². The van der Waals surface area contributed by atoms with E-state index >= 15 is 0 Å². The topological polar surface area (TPSA) is 75.7 Å². The van der Waals surface area contributed by atoms with E-state index in [1.807, 2.05) is 20.8 Å². The lowest BCUT2D eigenvalue weighted by atomic mass is 9.93. The van der Waals surface area contributed by atoms with E-state index in [9.17, 15) is 17.6 Å². The van der Waals surface area contributed by atoms with Crippen LogP contribution < -0.4 is 14.4 Å². The van der Waals surface area contributed by atoms with Crippen LogP contribution in [0.15, 0.2) is 42.5 Å². The Balaban J connectivity index is 1.87. The summed E-state index contributed by atoms with van der Waals surface area (Å²) in [5, 5.41) is 0. The molecule has 0 saturated heterocycles. The first-order chi connectivity index (χ1) is 13.1. The first kappa shape index (κ1) is 20.1. The molecule has 0 aromatic heterocycles. The van der Waals surface area contributed by atoms with E-state index in [4.69, 9.17) is 4.74 Å². The van der Waals surface area contributed by atoms with Crippen LogP contribution in [0.2, 0.25) is 0 Å². The van der Waals surface area contributed by atoms with Crippen molar-refractivity contribution in [1.82, 2.24) is 0 Å². The van der Waals surface area contributed by atoms with E-state index in [0.717, 1.165) is 0 Å². The second-order valence-electron chi connectivity index (χ2n) is 7.36. The average molecular weight is 406 g/mol. The van der Waals surface area contributed by atoms with Gasteiger partial charge in [0.05, 0.1) is 22.5 Å². The quantitative estimate of drug-likeness (QED) is 0.824. The Kier molecular flexibility index (Phi) is 5.34. The van der Waals surface area contributed by atoms with Crippen LogP contribution >= 0.6 is 0 Å². The molecule has 1 aliphatic heterocycles. The molecule has 0 atom stereocenters. The van der Waals surface area contributed by atoms with E-state index < -0.39 is 27.0 Å². The molecule has 3 rings (SSSR count). The number of hydrogen-bond donors (Lipinski definition) is 1. The second-order valence-corrected chi connectivity index (χ2v) is 9.08. The van der Waals surface area contributed by atoms with E-state index in [2.05, 4.69) is 4.72 Å². The van der Waals surface area contributed by atoms with Crippen molar-refractivity contribution in [3.63, 3.8) is 0 Å². The van der Waals surface area contributed by atoms with Gasteiger partial charge in [0, 0.05) is 18.2 Å². The molecular weight excluding hydrogens is 383 g/mol. The van der Waals surface area contributed by atoms with Crippen LogP contribution in [-0.4, -0.2) is 27.5 Å². The van der Waals surface area contributed by atoms with Gasteiger partial charge in [-0.2, -0.15) is 0 Å². The van der Waals surface area contributed by atoms with Crippen LogP contribution in [0.5, 0.6) is 5.75 Å². The molecule has 0 bridgehead atoms. The summed E-state index contributed by atoms with van der Waals surface area (Å²) >= 11 is 0. The summed E-state index contributed by atoms with van der Waals surface area (Å²) in [5.41, 5.74) is 0.276. The Hall–Kier alpha value is -2.61. The summed E-state index contributed by atoms with van der Waals surface area (Å²) in [6.07, 6.45) is 0. The first-order valence-corrected chi connectivity index (χ1v) is 10.6. The van der Waals surface area contributed by atoms with Crippen LogP contribution in [-0.2, 0) is 20.6 Å². The molecule has 6 nitrogen and oxygen atoms in total. The average Bonchev–Trinajstić information content (AvgIpc) is 2.71. The van der Waals surface area contributed by atoms with E-state index in [1.165, 1.54) is 18.2 Å². The summed E-state index contributed by atoms with van der Waals surface area (Å²) in [7, 11) is -3.82. The SMILES string of the molecule is CCN1C(=O)C(C)(C)COc2cc(NS(=O)(=O)Cc3ccccc3F)ccc21. The number of amides is 1. The molecule has 0 unspecified atom stereocenters. The number of sulfonamides is 1. The first-order valence-electron chi connectivity index (χ1n) is 8.96. The molecule has 8 heteroatoms. The Morgan fingerprint density at radius 3 is 2.61 bits per heavy atom. The van der Waals surface area contributed by atoms with Gasteiger partial charge in [0.15, 0.2) is 0 Å². The van der Waals surface area contributed by atoms with Crippen LogP contribution in [0, 0.1) is 11.2 Å². The van der Waals surface area contributed by atoms with Crippen LogP contribution in [0.1, 0.15) is 26.3 Å². The van der Waals surface area contributed by atoms with Crippen molar-refractivity contribution in [2.75, 3.05) is 22.8 Å². The standard InChI is InChI=1S/C20H23FN2O4S/c1-4-23-17-10-9-15(11-18(17)27-13-20(2,3)19(23)24)22-28(25,26)12-14-7-5-6-8-16(14)21/h5-11,22H,4,12-13H2,1-3H3. The molecule has 1 N–H and O–H groups in total. The lowest BCUT2D eigenvalue weighted by molar-refractivity contribution is -0.127. The van der Waals surface area contributed by atoms with Crippen molar-refractivity contribution in [2.24, 2.45) is 5.41 Å². The number of carbonyl (C=O) groups is 1. The summed E-state index contributed by atoms with van der Waals surface area (Å²) in [5.74, 6) is -0.685. The van der Waals surface area contributed by atoms with Crippen LogP contribution in [0.25, 0.3) is 0 Å². The highest BCUT2D eigenvalue weighted by Gasteiger charge is 2.37. The molecule has 2 aromatic rings. The molecule has 0 spiro atoms. The number of fused-ring (bicyclic) bond motifs is 1. The van der Waals surface area contributed by atoms with Gasteiger partial charge in [0.1, 0.15) is 18.2 Å². The zero-order valence-corrected chi connectivity index (χ0v) is 16.8. The number of benzene rings is 2. The number of halogens is 1. The van der Waals surface area contributed by atoms with Crippen molar-refractivity contribution in [3.05, 3.63) is 53.8 Å². The summed E-state index contributed by atoms with van der Waals surface area (Å²) in [6.45, 7) is 6.13. The Labute approximate surface area is 164 Å². The van der Waals surface area contributed by atoms with Gasteiger partial charge in [-0.25, -0.2) is 12.8 Å². The molecule has 28 heavy (non-hydrogen) atoms. The van der Waals surface area contributed by atoms with Crippen molar-refractivity contribution in [2.45, 2.75) is 26.5 Å². The normalized spacial score (nSPS) is 16.1. The number of nitrogens with zero attached hydrogens (tertiary/aromatic N) is 1. The monoisotopic (exact) mass is 406 g/mol. The van der Waals surface area contributed by atoms with Gasteiger partial charge in [-0.05, 0) is 39.0 Å². The van der Waals surface area contributed by atoms with E-state index in [0.29, 0.717) is 23.7 Å². The highest BCUT2D eigenvalue weighted by Crippen LogP contribution is 2.38. The van der Waals surface area contributed by atoms with Crippen molar-refractivity contribution in [3.8, 4) is 5.75 Å². The molecule has 1 heterocycles. The molecule has 0 fully saturated rings. The van der Waals surface area contributed by atoms with Gasteiger partial charge in [-0.3, -0.25) is 9.52 Å². The lowest BCUT2D eigenvalue weighted by Gasteiger charge is -2.26. The lowest BCUT2D eigenvalue weighted by Crippen LogP contribution is -2.42. The van der Waals surface area contributed by atoms with Gasteiger partial charge in [0.25, 0.3) is 0 Å². The fourth-order valence-corrected chi connectivity index (χ4v) is 4.26. The summed E-state index contributed by atoms with van der Waals surface area (Å²) in [4.78, 5) is 14.3. The number of ether oxygens (including phenoxy) is 1. The van der Waals surface area contributed by atoms with Crippen molar-refractivity contribution in [1.29, 1.82) is 0 Å². The third-order valence-electron chi connectivity index (χ3n) is 4.56. The number of hydrogen-bond acceptors (Lipinski definition) is 4. The van der Waals surface area contributed by atoms with Gasteiger partial charge in [-0.15, -0.1) is 0 Å². The highest BCUT2D eigenvalue weighted by atomic mass is 32.2. The molecule has 1 amide bonds. The Bertz CT molecular complexity index is 1010. The van der Waals surface area contributed by atoms with Crippen molar-refractivity contribution >= 4 is 27.3 Å². The molecule has 0 radical (unpaired) electrons. The largest absolute Gasteiger partial charge is 0.490 e. The van der Waals surface area contributed by atoms with Crippen molar-refractivity contribution < 1.29 is 22.3 Å². The molecule has 2 aromatic carbocycles. The van der Waals surface area contributed by atoms with Gasteiger partial charge >= 0.3 is 0 Å². The summed E-state index contributed by atoms with van der Waals surface area (Å²) in [6, 6.07) is 10.5. The minimum Gasteiger partial charge on any atom is -0.490 e. The summed E-state index contributed by atoms with van der Waals surface area (Å²) < 4.78 is 46.9.